The van der Waals surface area contributed by atoms with Crippen LogP contribution < -0.4 is 9.62 Å². The number of halogens is 2. The fraction of sp³-hybridized carbons (Fsp3) is 0.278. The predicted octanol–water partition coefficient (Wildman–Crippen LogP) is 4.49. The zero-order chi connectivity index (χ0) is 19.3. The van der Waals surface area contributed by atoms with Crippen molar-refractivity contribution >= 4 is 50.5 Å². The molecule has 140 valence electrons. The van der Waals surface area contributed by atoms with Gasteiger partial charge in [0.2, 0.25) is 15.9 Å². The molecule has 0 bridgehead atoms. The van der Waals surface area contributed by atoms with Crippen molar-refractivity contribution in [3.8, 4) is 0 Å². The first-order valence-electron chi connectivity index (χ1n) is 7.96. The number of anilines is 2. The molecule has 26 heavy (non-hydrogen) atoms. The molecule has 1 N–H and O–H groups in total. The molecule has 0 aromatic heterocycles. The van der Waals surface area contributed by atoms with Gasteiger partial charge in [-0.05, 0) is 49.2 Å². The van der Waals surface area contributed by atoms with Gasteiger partial charge in [-0.2, -0.15) is 0 Å². The van der Waals surface area contributed by atoms with Crippen LogP contribution in [0, 0.1) is 6.92 Å². The van der Waals surface area contributed by atoms with Crippen LogP contribution >= 0.6 is 23.2 Å². The Balaban J connectivity index is 2.02. The molecule has 1 amide bonds. The summed E-state index contributed by atoms with van der Waals surface area (Å²) in [7, 11) is -3.49. The maximum atomic E-state index is 12.2. The summed E-state index contributed by atoms with van der Waals surface area (Å²) in [5.74, 6) is -0.205. The van der Waals surface area contributed by atoms with Gasteiger partial charge in [0.15, 0.2) is 0 Å². The van der Waals surface area contributed by atoms with Crippen LogP contribution in [-0.2, 0) is 14.8 Å². The lowest BCUT2D eigenvalue weighted by Gasteiger charge is -2.24. The molecular formula is C18H20Cl2N2O3S. The van der Waals surface area contributed by atoms with Gasteiger partial charge < -0.3 is 5.32 Å². The number of sulfonamides is 1. The number of amides is 1. The van der Waals surface area contributed by atoms with Crippen LogP contribution in [-0.4, -0.2) is 27.1 Å². The van der Waals surface area contributed by atoms with E-state index in [9.17, 15) is 13.2 Å². The van der Waals surface area contributed by atoms with Gasteiger partial charge in [-0.1, -0.05) is 35.3 Å². The van der Waals surface area contributed by atoms with Crippen LogP contribution in [0.25, 0.3) is 0 Å². The standard InChI is InChI=1S/C18H20Cl2N2O3S/c1-13-8-9-15(20)12-17(13)22(26(2,24)25)10-4-7-18(23)21-16-6-3-5-14(19)11-16/h3,5-6,8-9,11-12H,4,7,10H2,1-2H3,(H,21,23). The summed E-state index contributed by atoms with van der Waals surface area (Å²) in [5.41, 5.74) is 1.92. The van der Waals surface area contributed by atoms with Gasteiger partial charge >= 0.3 is 0 Å². The normalized spacial score (nSPS) is 11.2. The minimum Gasteiger partial charge on any atom is -0.326 e. The predicted molar refractivity (Wildman–Crippen MR) is 108 cm³/mol. The van der Waals surface area contributed by atoms with Gasteiger partial charge in [-0.25, -0.2) is 8.42 Å². The molecule has 5 nitrogen and oxygen atoms in total. The van der Waals surface area contributed by atoms with Gasteiger partial charge in [-0.3, -0.25) is 9.10 Å². The van der Waals surface area contributed by atoms with Gasteiger partial charge in [-0.15, -0.1) is 0 Å². The van der Waals surface area contributed by atoms with Gasteiger partial charge in [0.05, 0.1) is 11.9 Å². The van der Waals surface area contributed by atoms with Crippen LogP contribution in [0.1, 0.15) is 18.4 Å². The second-order valence-corrected chi connectivity index (χ2v) is 8.71. The largest absolute Gasteiger partial charge is 0.326 e. The van der Waals surface area contributed by atoms with Crippen molar-refractivity contribution in [2.45, 2.75) is 19.8 Å². The SMILES string of the molecule is Cc1ccc(Cl)cc1N(CCCC(=O)Nc1cccc(Cl)c1)S(C)(=O)=O. The molecule has 0 radical (unpaired) electrons. The summed E-state index contributed by atoms with van der Waals surface area (Å²) in [4.78, 5) is 12.1. The lowest BCUT2D eigenvalue weighted by Crippen LogP contribution is -2.32. The summed E-state index contributed by atoms with van der Waals surface area (Å²) in [5, 5.41) is 3.73. The number of nitrogens with zero attached hydrogens (tertiary/aromatic N) is 1. The Bertz CT molecular complexity index is 901. The molecular weight excluding hydrogens is 395 g/mol. The number of benzene rings is 2. The van der Waals surface area contributed by atoms with E-state index in [1.54, 1.807) is 42.5 Å². The zero-order valence-corrected chi connectivity index (χ0v) is 16.8. The highest BCUT2D eigenvalue weighted by molar-refractivity contribution is 7.92. The molecule has 0 saturated carbocycles. The highest BCUT2D eigenvalue weighted by atomic mass is 35.5. The monoisotopic (exact) mass is 414 g/mol. The fourth-order valence-corrected chi connectivity index (χ4v) is 3.86. The van der Waals surface area contributed by atoms with Crippen molar-refractivity contribution in [3.63, 3.8) is 0 Å². The van der Waals surface area contributed by atoms with E-state index in [0.717, 1.165) is 11.8 Å². The van der Waals surface area contributed by atoms with E-state index in [0.29, 0.717) is 27.8 Å². The molecule has 2 aromatic carbocycles. The molecule has 0 atom stereocenters. The van der Waals surface area contributed by atoms with Crippen molar-refractivity contribution < 1.29 is 13.2 Å². The molecule has 0 aliphatic rings. The van der Waals surface area contributed by atoms with Crippen LogP contribution in [0.3, 0.4) is 0 Å². The van der Waals surface area contributed by atoms with E-state index in [1.165, 1.54) is 4.31 Å². The number of hydrogen-bond donors (Lipinski definition) is 1. The van der Waals surface area contributed by atoms with Crippen LogP contribution in [0.5, 0.6) is 0 Å². The third kappa shape index (κ3) is 5.90. The van der Waals surface area contributed by atoms with E-state index in [-0.39, 0.29) is 18.9 Å². The van der Waals surface area contributed by atoms with Crippen molar-refractivity contribution in [2.24, 2.45) is 0 Å². The second kappa shape index (κ2) is 8.75. The first kappa shape index (κ1) is 20.6. The van der Waals surface area contributed by atoms with Crippen molar-refractivity contribution in [1.82, 2.24) is 0 Å². The van der Waals surface area contributed by atoms with Gasteiger partial charge in [0.1, 0.15) is 0 Å². The molecule has 2 aromatic rings. The van der Waals surface area contributed by atoms with Crippen LogP contribution in [0.4, 0.5) is 11.4 Å². The topological polar surface area (TPSA) is 66.5 Å². The Labute approximate surface area is 164 Å². The van der Waals surface area contributed by atoms with Crippen molar-refractivity contribution in [1.29, 1.82) is 0 Å². The summed E-state index contributed by atoms with van der Waals surface area (Å²) in [6.45, 7) is 2.00. The second-order valence-electron chi connectivity index (χ2n) is 5.93. The molecule has 0 aliphatic carbocycles. The average molecular weight is 415 g/mol. The first-order valence-corrected chi connectivity index (χ1v) is 10.6. The maximum Gasteiger partial charge on any atom is 0.232 e. The maximum absolute atomic E-state index is 12.2. The molecule has 0 aliphatic heterocycles. The smallest absolute Gasteiger partial charge is 0.232 e. The molecule has 2 rings (SSSR count). The molecule has 0 heterocycles. The lowest BCUT2D eigenvalue weighted by atomic mass is 10.2. The molecule has 0 saturated heterocycles. The number of rotatable bonds is 7. The number of carbonyl (C=O) groups is 1. The van der Waals surface area contributed by atoms with E-state index in [1.807, 2.05) is 6.92 Å². The zero-order valence-electron chi connectivity index (χ0n) is 14.5. The Morgan fingerprint density at radius 2 is 1.81 bits per heavy atom. The molecule has 0 spiro atoms. The summed E-state index contributed by atoms with van der Waals surface area (Å²) < 4.78 is 25.6. The Morgan fingerprint density at radius 3 is 2.46 bits per heavy atom. The summed E-state index contributed by atoms with van der Waals surface area (Å²) >= 11 is 11.9. The van der Waals surface area contributed by atoms with Gasteiger partial charge in [0.25, 0.3) is 0 Å². The number of carbonyl (C=O) groups excluding carboxylic acids is 1. The van der Waals surface area contributed by atoms with Gasteiger partial charge in [0, 0.05) is 28.7 Å². The van der Waals surface area contributed by atoms with Crippen molar-refractivity contribution in [3.05, 3.63) is 58.1 Å². The quantitative estimate of drug-likeness (QED) is 0.725. The fourth-order valence-electron chi connectivity index (χ4n) is 2.49. The first-order chi connectivity index (χ1) is 12.2. The Hall–Kier alpha value is -1.76. The van der Waals surface area contributed by atoms with E-state index >= 15 is 0 Å². The van der Waals surface area contributed by atoms with Crippen LogP contribution in [0.15, 0.2) is 42.5 Å². The molecule has 8 heteroatoms. The molecule has 0 fully saturated rings. The number of aryl methyl sites for hydroxylation is 1. The minimum atomic E-state index is -3.49. The van der Waals surface area contributed by atoms with E-state index in [4.69, 9.17) is 23.2 Å². The minimum absolute atomic E-state index is 0.179. The molecule has 0 unspecified atom stereocenters. The third-order valence-corrected chi connectivity index (χ3v) is 5.36. The number of nitrogens with one attached hydrogen (secondary N) is 1. The van der Waals surface area contributed by atoms with E-state index < -0.39 is 10.0 Å². The lowest BCUT2D eigenvalue weighted by molar-refractivity contribution is -0.116. The summed E-state index contributed by atoms with van der Waals surface area (Å²) in [6, 6.07) is 11.9. The third-order valence-electron chi connectivity index (χ3n) is 3.71. The Morgan fingerprint density at radius 1 is 1.12 bits per heavy atom. The highest BCUT2D eigenvalue weighted by Gasteiger charge is 2.19. The van der Waals surface area contributed by atoms with E-state index in [2.05, 4.69) is 5.32 Å². The van der Waals surface area contributed by atoms with Crippen LogP contribution in [0.2, 0.25) is 10.0 Å². The highest BCUT2D eigenvalue weighted by Crippen LogP contribution is 2.26. The van der Waals surface area contributed by atoms with Crippen molar-refractivity contribution in [2.75, 3.05) is 22.4 Å². The average Bonchev–Trinajstić information content (AvgIpc) is 2.53. The summed E-state index contributed by atoms with van der Waals surface area (Å²) in [6.07, 6.45) is 1.68. The Kier molecular flexibility index (Phi) is 6.92. The number of hydrogen-bond acceptors (Lipinski definition) is 3.